The second kappa shape index (κ2) is 7.87. The van der Waals surface area contributed by atoms with Gasteiger partial charge in [0.25, 0.3) is 0 Å². The molecule has 1 aromatic rings. The summed E-state index contributed by atoms with van der Waals surface area (Å²) in [5.74, 6) is -0.367. The van der Waals surface area contributed by atoms with Crippen LogP contribution in [0.25, 0.3) is 0 Å². The predicted octanol–water partition coefficient (Wildman–Crippen LogP) is 2.95. The molecule has 19 heavy (non-hydrogen) atoms. The average Bonchev–Trinajstić information content (AvgIpc) is 2.42. The average molecular weight is 259 g/mol. The monoisotopic (exact) mass is 259 g/mol. The lowest BCUT2D eigenvalue weighted by Crippen LogP contribution is -1.98. The maximum Gasteiger partial charge on any atom is 0.303 e. The van der Waals surface area contributed by atoms with E-state index in [1.807, 2.05) is 24.3 Å². The van der Waals surface area contributed by atoms with Gasteiger partial charge >= 0.3 is 5.97 Å². The van der Waals surface area contributed by atoms with Gasteiger partial charge in [-0.05, 0) is 30.3 Å². The Labute approximate surface area is 112 Å². The SMILES string of the molecule is C=C/C=C(\N=C)OCc1ccc(CCC(=O)O)cc1. The standard InChI is InChI=1S/C15H17NO3/c1-3-4-14(16-2)19-11-13-7-5-12(6-8-13)9-10-15(17)18/h3-8H,1-2,9-11H2,(H,17,18)/b14-4+. The lowest BCUT2D eigenvalue weighted by atomic mass is 10.1. The summed E-state index contributed by atoms with van der Waals surface area (Å²) in [6, 6.07) is 7.62. The number of nitrogens with zero attached hydrogens (tertiary/aromatic N) is 1. The third kappa shape index (κ3) is 5.68. The van der Waals surface area contributed by atoms with Crippen molar-refractivity contribution in [3.63, 3.8) is 0 Å². The molecule has 0 aliphatic carbocycles. The number of aryl methyl sites for hydroxylation is 1. The van der Waals surface area contributed by atoms with E-state index in [-0.39, 0.29) is 6.42 Å². The molecule has 1 rings (SSSR count). The van der Waals surface area contributed by atoms with Crippen molar-refractivity contribution >= 4 is 12.7 Å². The van der Waals surface area contributed by atoms with Gasteiger partial charge in [-0.3, -0.25) is 4.79 Å². The second-order valence-electron chi connectivity index (χ2n) is 3.90. The summed E-state index contributed by atoms with van der Waals surface area (Å²) in [5.41, 5.74) is 1.98. The van der Waals surface area contributed by atoms with Crippen LogP contribution in [0, 0.1) is 0 Å². The zero-order valence-corrected chi connectivity index (χ0v) is 10.7. The molecule has 0 saturated carbocycles. The normalized spacial score (nSPS) is 10.8. The molecule has 0 aromatic heterocycles. The highest BCUT2D eigenvalue weighted by molar-refractivity contribution is 5.67. The van der Waals surface area contributed by atoms with Gasteiger partial charge in [0.05, 0.1) is 0 Å². The van der Waals surface area contributed by atoms with Crippen LogP contribution in [0.5, 0.6) is 0 Å². The minimum absolute atomic E-state index is 0.141. The number of aliphatic carboxylic acids is 1. The van der Waals surface area contributed by atoms with Gasteiger partial charge in [-0.2, -0.15) is 0 Å². The fourth-order valence-corrected chi connectivity index (χ4v) is 1.46. The number of benzene rings is 1. The Bertz CT molecular complexity index is 475. The third-order valence-electron chi connectivity index (χ3n) is 2.45. The molecule has 4 nitrogen and oxygen atoms in total. The number of ether oxygens (including phenoxy) is 1. The van der Waals surface area contributed by atoms with Gasteiger partial charge in [-0.25, -0.2) is 4.99 Å². The molecular weight excluding hydrogens is 242 g/mol. The first-order valence-electron chi connectivity index (χ1n) is 5.87. The van der Waals surface area contributed by atoms with Crippen molar-refractivity contribution in [1.82, 2.24) is 0 Å². The highest BCUT2D eigenvalue weighted by atomic mass is 16.5. The van der Waals surface area contributed by atoms with E-state index >= 15 is 0 Å². The summed E-state index contributed by atoms with van der Waals surface area (Å²) in [6.07, 6.45) is 3.89. The van der Waals surface area contributed by atoms with Crippen LogP contribution in [0.3, 0.4) is 0 Å². The molecule has 0 unspecified atom stereocenters. The minimum Gasteiger partial charge on any atom is -0.481 e. The fraction of sp³-hybridized carbons (Fsp3) is 0.200. The van der Waals surface area contributed by atoms with Crippen LogP contribution in [0.2, 0.25) is 0 Å². The third-order valence-corrected chi connectivity index (χ3v) is 2.45. The molecule has 0 amide bonds. The summed E-state index contributed by atoms with van der Waals surface area (Å²) < 4.78 is 5.42. The Kier molecular flexibility index (Phi) is 6.09. The Balaban J connectivity index is 2.52. The van der Waals surface area contributed by atoms with Crippen LogP contribution in [-0.2, 0) is 22.6 Å². The fourth-order valence-electron chi connectivity index (χ4n) is 1.46. The molecule has 0 fully saturated rings. The molecule has 0 saturated heterocycles. The van der Waals surface area contributed by atoms with Crippen LogP contribution in [0.15, 0.2) is 53.9 Å². The van der Waals surface area contributed by atoms with E-state index in [9.17, 15) is 4.79 Å². The molecule has 0 atom stereocenters. The highest BCUT2D eigenvalue weighted by Crippen LogP contribution is 2.10. The van der Waals surface area contributed by atoms with E-state index in [1.165, 1.54) is 0 Å². The summed E-state index contributed by atoms with van der Waals surface area (Å²) in [6.45, 7) is 7.34. The maximum atomic E-state index is 10.5. The van der Waals surface area contributed by atoms with Crippen LogP contribution >= 0.6 is 0 Å². The number of hydrogen-bond acceptors (Lipinski definition) is 3. The molecule has 0 bridgehead atoms. The largest absolute Gasteiger partial charge is 0.481 e. The van der Waals surface area contributed by atoms with Crippen LogP contribution < -0.4 is 0 Å². The first-order valence-corrected chi connectivity index (χ1v) is 5.87. The number of rotatable bonds is 8. The molecule has 1 aromatic carbocycles. The Morgan fingerprint density at radius 3 is 2.47 bits per heavy atom. The molecule has 1 N–H and O–H groups in total. The van der Waals surface area contributed by atoms with Crippen molar-refractivity contribution in [3.8, 4) is 0 Å². The first-order chi connectivity index (χ1) is 9.15. The number of aliphatic imine (C=N–C) groups is 1. The van der Waals surface area contributed by atoms with Gasteiger partial charge in [0.1, 0.15) is 6.61 Å². The van der Waals surface area contributed by atoms with E-state index in [0.717, 1.165) is 11.1 Å². The molecule has 0 spiro atoms. The van der Waals surface area contributed by atoms with Crippen molar-refractivity contribution in [2.75, 3.05) is 0 Å². The highest BCUT2D eigenvalue weighted by Gasteiger charge is 2.00. The number of allylic oxidation sites excluding steroid dienone is 2. The maximum absolute atomic E-state index is 10.5. The van der Waals surface area contributed by atoms with Gasteiger partial charge in [0, 0.05) is 6.42 Å². The molecule has 0 aliphatic rings. The summed E-state index contributed by atoms with van der Waals surface area (Å²) in [5, 5.41) is 8.60. The number of carboxylic acids is 1. The zero-order valence-electron chi connectivity index (χ0n) is 10.7. The molecule has 4 heteroatoms. The van der Waals surface area contributed by atoms with E-state index in [4.69, 9.17) is 9.84 Å². The van der Waals surface area contributed by atoms with Gasteiger partial charge in [0.15, 0.2) is 0 Å². The molecule has 100 valence electrons. The number of carboxylic acid groups (broad SMARTS) is 1. The molecule has 0 aliphatic heterocycles. The van der Waals surface area contributed by atoms with Crippen LogP contribution in [0.1, 0.15) is 17.5 Å². The predicted molar refractivity (Wildman–Crippen MR) is 75.0 cm³/mol. The van der Waals surface area contributed by atoms with E-state index in [0.29, 0.717) is 18.9 Å². The Morgan fingerprint density at radius 1 is 1.32 bits per heavy atom. The summed E-state index contributed by atoms with van der Waals surface area (Å²) >= 11 is 0. The van der Waals surface area contributed by atoms with Crippen molar-refractivity contribution in [2.45, 2.75) is 19.4 Å². The van der Waals surface area contributed by atoms with Crippen molar-refractivity contribution in [1.29, 1.82) is 0 Å². The first kappa shape index (κ1) is 14.7. The quantitative estimate of drug-likeness (QED) is 0.443. The van der Waals surface area contributed by atoms with Crippen molar-refractivity contribution < 1.29 is 14.6 Å². The summed E-state index contributed by atoms with van der Waals surface area (Å²) in [4.78, 5) is 14.2. The topological polar surface area (TPSA) is 58.9 Å². The molecule has 0 heterocycles. The van der Waals surface area contributed by atoms with E-state index in [2.05, 4.69) is 18.3 Å². The summed E-state index contributed by atoms with van der Waals surface area (Å²) in [7, 11) is 0. The number of carbonyl (C=O) groups is 1. The Morgan fingerprint density at radius 2 is 1.95 bits per heavy atom. The lowest BCUT2D eigenvalue weighted by Gasteiger charge is -2.06. The number of hydrogen-bond donors (Lipinski definition) is 1. The van der Waals surface area contributed by atoms with Gasteiger partial charge in [-0.1, -0.05) is 36.9 Å². The lowest BCUT2D eigenvalue weighted by molar-refractivity contribution is -0.136. The molecule has 0 radical (unpaired) electrons. The zero-order chi connectivity index (χ0) is 14.1. The van der Waals surface area contributed by atoms with Gasteiger partial charge < -0.3 is 9.84 Å². The van der Waals surface area contributed by atoms with Gasteiger partial charge in [0.2, 0.25) is 5.88 Å². The van der Waals surface area contributed by atoms with Gasteiger partial charge in [-0.15, -0.1) is 0 Å². The van der Waals surface area contributed by atoms with E-state index in [1.54, 1.807) is 12.2 Å². The Hall–Kier alpha value is -2.36. The van der Waals surface area contributed by atoms with Crippen molar-refractivity contribution in [2.24, 2.45) is 4.99 Å². The minimum atomic E-state index is -0.788. The van der Waals surface area contributed by atoms with Crippen LogP contribution in [0.4, 0.5) is 0 Å². The van der Waals surface area contributed by atoms with E-state index < -0.39 is 5.97 Å². The van der Waals surface area contributed by atoms with Crippen LogP contribution in [-0.4, -0.2) is 17.8 Å². The van der Waals surface area contributed by atoms with Crippen molar-refractivity contribution in [3.05, 3.63) is 60.0 Å². The smallest absolute Gasteiger partial charge is 0.303 e. The molecular formula is C15H17NO3. The second-order valence-corrected chi connectivity index (χ2v) is 3.90.